The maximum absolute atomic E-state index is 12.9. The minimum absolute atomic E-state index is 0.161. The van der Waals surface area contributed by atoms with Crippen LogP contribution in [0.15, 0.2) is 24.3 Å². The summed E-state index contributed by atoms with van der Waals surface area (Å²) in [5.41, 5.74) is -4.17. The normalized spacial score (nSPS) is 12.2. The van der Waals surface area contributed by atoms with Crippen LogP contribution in [0.2, 0.25) is 0 Å². The number of aromatic nitrogens is 3. The predicted molar refractivity (Wildman–Crippen MR) is 56.1 cm³/mol. The molecule has 0 fully saturated rings. The third-order valence-electron chi connectivity index (χ3n) is 2.46. The van der Waals surface area contributed by atoms with E-state index in [-0.39, 0.29) is 4.68 Å². The van der Waals surface area contributed by atoms with Gasteiger partial charge in [0.25, 0.3) is 0 Å². The van der Waals surface area contributed by atoms with Crippen LogP contribution in [-0.4, -0.2) is 15.0 Å². The molecule has 0 unspecified atom stereocenters. The number of hydrogen-bond acceptors (Lipinski definition) is 3. The van der Waals surface area contributed by atoms with Crippen LogP contribution in [0.4, 0.5) is 26.3 Å². The van der Waals surface area contributed by atoms with Crippen molar-refractivity contribution in [1.29, 1.82) is 5.26 Å². The Hall–Kier alpha value is -2.57. The van der Waals surface area contributed by atoms with Crippen molar-refractivity contribution >= 4 is 0 Å². The van der Waals surface area contributed by atoms with Crippen molar-refractivity contribution < 1.29 is 26.3 Å². The van der Waals surface area contributed by atoms with Gasteiger partial charge in [0, 0.05) is 0 Å². The highest BCUT2D eigenvalue weighted by Gasteiger charge is 2.40. The van der Waals surface area contributed by atoms with E-state index < -0.39 is 35.0 Å². The first-order valence-electron chi connectivity index (χ1n) is 5.25. The highest BCUT2D eigenvalue weighted by atomic mass is 19.4. The van der Waals surface area contributed by atoms with Gasteiger partial charge in [0.2, 0.25) is 0 Å². The Balaban J connectivity index is 2.64. The van der Waals surface area contributed by atoms with E-state index in [1.165, 1.54) is 6.07 Å². The van der Waals surface area contributed by atoms with Crippen LogP contribution in [0.1, 0.15) is 17.0 Å². The lowest BCUT2D eigenvalue weighted by atomic mass is 10.2. The van der Waals surface area contributed by atoms with E-state index in [1.807, 2.05) is 0 Å². The maximum atomic E-state index is 12.9. The molecule has 10 heteroatoms. The summed E-state index contributed by atoms with van der Waals surface area (Å²) in [6.07, 6.45) is -9.70. The number of rotatable bonds is 1. The van der Waals surface area contributed by atoms with Gasteiger partial charge in [-0.3, -0.25) is 0 Å². The number of alkyl halides is 6. The summed E-state index contributed by atoms with van der Waals surface area (Å²) in [5.74, 6) is 0. The highest BCUT2D eigenvalue weighted by molar-refractivity contribution is 5.40. The third kappa shape index (κ3) is 2.81. The molecule has 0 N–H and O–H groups in total. The van der Waals surface area contributed by atoms with Gasteiger partial charge < -0.3 is 0 Å². The van der Waals surface area contributed by atoms with E-state index >= 15 is 0 Å². The molecule has 0 aliphatic carbocycles. The van der Waals surface area contributed by atoms with Crippen molar-refractivity contribution in [3.63, 3.8) is 0 Å². The summed E-state index contributed by atoms with van der Waals surface area (Å²) < 4.78 is 76.5. The molecule has 1 heterocycles. The average molecular weight is 306 g/mol. The summed E-state index contributed by atoms with van der Waals surface area (Å²) in [5, 5.41) is 14.7. The van der Waals surface area contributed by atoms with Gasteiger partial charge in [0.15, 0.2) is 11.4 Å². The molecule has 2 rings (SSSR count). The second kappa shape index (κ2) is 4.76. The van der Waals surface area contributed by atoms with E-state index in [9.17, 15) is 26.3 Å². The zero-order valence-corrected chi connectivity index (χ0v) is 9.87. The molecular formula is C11H4F6N4. The van der Waals surface area contributed by atoms with Crippen molar-refractivity contribution in [3.05, 3.63) is 41.2 Å². The topological polar surface area (TPSA) is 54.5 Å². The fourth-order valence-corrected chi connectivity index (χ4v) is 1.61. The summed E-state index contributed by atoms with van der Waals surface area (Å²) in [6.45, 7) is 0. The Kier molecular flexibility index (Phi) is 3.36. The third-order valence-corrected chi connectivity index (χ3v) is 2.46. The van der Waals surface area contributed by atoms with Crippen LogP contribution in [0.5, 0.6) is 0 Å². The molecule has 0 aliphatic rings. The van der Waals surface area contributed by atoms with Gasteiger partial charge in [-0.05, 0) is 18.2 Å². The van der Waals surface area contributed by atoms with Gasteiger partial charge in [-0.1, -0.05) is 11.3 Å². The first-order chi connectivity index (χ1) is 9.64. The first kappa shape index (κ1) is 14.8. The van der Waals surface area contributed by atoms with E-state index in [0.717, 1.165) is 12.1 Å². The van der Waals surface area contributed by atoms with Gasteiger partial charge >= 0.3 is 12.4 Å². The molecule has 21 heavy (non-hydrogen) atoms. The Labute approximate surface area is 113 Å². The number of hydrogen-bond donors (Lipinski definition) is 0. The molecule has 0 saturated carbocycles. The molecule has 0 radical (unpaired) electrons. The van der Waals surface area contributed by atoms with Gasteiger partial charge in [0.1, 0.15) is 6.07 Å². The molecular weight excluding hydrogens is 302 g/mol. The smallest absolute Gasteiger partial charge is 0.207 e. The first-order valence-corrected chi connectivity index (χ1v) is 5.25. The lowest BCUT2D eigenvalue weighted by Gasteiger charge is -2.11. The van der Waals surface area contributed by atoms with Crippen molar-refractivity contribution in [3.8, 4) is 11.8 Å². The number of nitriles is 1. The monoisotopic (exact) mass is 306 g/mol. The van der Waals surface area contributed by atoms with Crippen LogP contribution in [0, 0.1) is 11.3 Å². The number of nitrogens with zero attached hydrogens (tertiary/aromatic N) is 4. The standard InChI is InChI=1S/C11H4F6N4/c12-10(13,14)6-2-1-3-7(4-6)21-9(11(15,16)17)8(5-18)19-20-21/h1-4H. The second-order valence-electron chi connectivity index (χ2n) is 3.86. The molecule has 0 amide bonds. The Morgan fingerprint density at radius 1 is 1.05 bits per heavy atom. The SMILES string of the molecule is N#Cc1nnn(-c2cccc(C(F)(F)F)c2)c1C(F)(F)F. The zero-order valence-electron chi connectivity index (χ0n) is 9.87. The number of halogens is 6. The number of benzene rings is 1. The van der Waals surface area contributed by atoms with Crippen LogP contribution in [0.3, 0.4) is 0 Å². The summed E-state index contributed by atoms with van der Waals surface area (Å²) in [6, 6.07) is 4.34. The Morgan fingerprint density at radius 2 is 1.71 bits per heavy atom. The van der Waals surface area contributed by atoms with Gasteiger partial charge in [-0.25, -0.2) is 4.68 Å². The molecule has 0 atom stereocenters. The van der Waals surface area contributed by atoms with Gasteiger partial charge in [-0.15, -0.1) is 5.10 Å². The fourth-order valence-electron chi connectivity index (χ4n) is 1.61. The molecule has 0 spiro atoms. The molecule has 110 valence electrons. The van der Waals surface area contributed by atoms with Crippen molar-refractivity contribution in [2.45, 2.75) is 12.4 Å². The predicted octanol–water partition coefficient (Wildman–Crippen LogP) is 3.18. The summed E-state index contributed by atoms with van der Waals surface area (Å²) in [4.78, 5) is 0. The minimum atomic E-state index is -4.98. The van der Waals surface area contributed by atoms with Crippen molar-refractivity contribution in [1.82, 2.24) is 15.0 Å². The van der Waals surface area contributed by atoms with Crippen LogP contribution >= 0.6 is 0 Å². The molecule has 1 aromatic carbocycles. The molecule has 0 bridgehead atoms. The average Bonchev–Trinajstić information content (AvgIpc) is 2.81. The quantitative estimate of drug-likeness (QED) is 0.760. The lowest BCUT2D eigenvalue weighted by Crippen LogP contribution is -2.15. The van der Waals surface area contributed by atoms with E-state index in [0.29, 0.717) is 12.1 Å². The summed E-state index contributed by atoms with van der Waals surface area (Å²) in [7, 11) is 0. The van der Waals surface area contributed by atoms with Crippen LogP contribution in [0.25, 0.3) is 5.69 Å². The second-order valence-corrected chi connectivity index (χ2v) is 3.86. The van der Waals surface area contributed by atoms with Crippen LogP contribution < -0.4 is 0 Å². The molecule has 0 saturated heterocycles. The molecule has 2 aromatic rings. The van der Waals surface area contributed by atoms with E-state index in [1.54, 1.807) is 0 Å². The van der Waals surface area contributed by atoms with Gasteiger partial charge in [-0.2, -0.15) is 31.6 Å². The lowest BCUT2D eigenvalue weighted by molar-refractivity contribution is -0.143. The molecule has 4 nitrogen and oxygen atoms in total. The van der Waals surface area contributed by atoms with Crippen molar-refractivity contribution in [2.75, 3.05) is 0 Å². The Morgan fingerprint density at radius 3 is 2.24 bits per heavy atom. The fraction of sp³-hybridized carbons (Fsp3) is 0.182. The van der Waals surface area contributed by atoms with Gasteiger partial charge in [0.05, 0.1) is 11.3 Å². The highest BCUT2D eigenvalue weighted by Crippen LogP contribution is 2.34. The largest absolute Gasteiger partial charge is 0.436 e. The Bertz CT molecular complexity index is 707. The molecule has 0 aliphatic heterocycles. The van der Waals surface area contributed by atoms with E-state index in [4.69, 9.17) is 5.26 Å². The molecule has 1 aromatic heterocycles. The van der Waals surface area contributed by atoms with Crippen molar-refractivity contribution in [2.24, 2.45) is 0 Å². The zero-order chi connectivity index (χ0) is 15.8. The minimum Gasteiger partial charge on any atom is -0.207 e. The van der Waals surface area contributed by atoms with Crippen LogP contribution in [-0.2, 0) is 12.4 Å². The summed E-state index contributed by atoms with van der Waals surface area (Å²) >= 11 is 0. The maximum Gasteiger partial charge on any atom is 0.436 e. The van der Waals surface area contributed by atoms with E-state index in [2.05, 4.69) is 10.3 Å².